The molecule has 6 heteroatoms. The predicted molar refractivity (Wildman–Crippen MR) is 51.1 cm³/mol. The molecule has 1 heterocycles. The number of ether oxygens (including phenoxy) is 1. The lowest BCUT2D eigenvalue weighted by molar-refractivity contribution is -0.874. The molecule has 6 nitrogen and oxygen atoms in total. The number of aliphatic hydroxyl groups is 3. The fourth-order valence-corrected chi connectivity index (χ4v) is 1.38. The van der Waals surface area contributed by atoms with Gasteiger partial charge in [-0.3, -0.25) is 0 Å². The molecule has 0 fully saturated rings. The summed E-state index contributed by atoms with van der Waals surface area (Å²) in [6, 6.07) is 0. The lowest BCUT2D eigenvalue weighted by atomic mass is 10.1. The molecule has 0 aromatic carbocycles. The van der Waals surface area contributed by atoms with Crippen LogP contribution >= 0.6 is 0 Å². The Morgan fingerprint density at radius 1 is 1.40 bits per heavy atom. The highest BCUT2D eigenvalue weighted by atomic mass is 16.6. The summed E-state index contributed by atoms with van der Waals surface area (Å²) in [5.74, 6) is -2.42. The van der Waals surface area contributed by atoms with Crippen LogP contribution in [0, 0.1) is 0 Å². The number of likely N-dealkylation sites (N-methyl/N-ethyl adjacent to an activating group) is 1. The van der Waals surface area contributed by atoms with E-state index in [1.54, 1.807) is 0 Å². The van der Waals surface area contributed by atoms with Gasteiger partial charge in [0.1, 0.15) is 12.6 Å². The van der Waals surface area contributed by atoms with Gasteiger partial charge in [0, 0.05) is 0 Å². The fourth-order valence-electron chi connectivity index (χ4n) is 1.38. The predicted octanol–water partition coefficient (Wildman–Crippen LogP) is -0.693. The van der Waals surface area contributed by atoms with Crippen LogP contribution in [0.1, 0.15) is 0 Å². The quantitative estimate of drug-likeness (QED) is 0.431. The Balaban J connectivity index is 2.72. The molecule has 0 amide bonds. The van der Waals surface area contributed by atoms with E-state index in [0.29, 0.717) is 4.48 Å². The molecule has 1 aliphatic heterocycles. The molecule has 0 unspecified atom stereocenters. The fraction of sp³-hybridized carbons (Fsp3) is 0.667. The summed E-state index contributed by atoms with van der Waals surface area (Å²) in [5, 5.41) is 28.0. The maximum atomic E-state index is 10.9. The molecule has 3 N–H and O–H groups in total. The van der Waals surface area contributed by atoms with E-state index in [2.05, 4.69) is 4.74 Å². The molecule has 0 bridgehead atoms. The van der Waals surface area contributed by atoms with Gasteiger partial charge in [0.2, 0.25) is 5.76 Å². The van der Waals surface area contributed by atoms with Crippen molar-refractivity contribution in [3.05, 3.63) is 11.5 Å². The van der Waals surface area contributed by atoms with Crippen molar-refractivity contribution in [1.82, 2.24) is 0 Å². The Kier molecular flexibility index (Phi) is 2.92. The number of nitrogens with zero attached hydrogens (tertiary/aromatic N) is 1. The largest absolute Gasteiger partial charge is 0.505 e. The number of aliphatic hydroxyl groups excluding tert-OH is 3. The van der Waals surface area contributed by atoms with Gasteiger partial charge in [0.25, 0.3) is 0 Å². The normalized spacial score (nSPS) is 24.3. The van der Waals surface area contributed by atoms with Gasteiger partial charge in [-0.15, -0.1) is 0 Å². The van der Waals surface area contributed by atoms with Gasteiger partial charge in [0.05, 0.1) is 21.1 Å². The molecular formula is C9H16NO5+. The number of hydrogen-bond acceptors (Lipinski definition) is 5. The Morgan fingerprint density at radius 3 is 2.27 bits per heavy atom. The van der Waals surface area contributed by atoms with Crippen molar-refractivity contribution in [2.24, 2.45) is 0 Å². The number of cyclic esters (lactones) is 1. The Labute approximate surface area is 87.6 Å². The van der Waals surface area contributed by atoms with Crippen molar-refractivity contribution in [2.75, 3.05) is 27.7 Å². The first-order valence-corrected chi connectivity index (χ1v) is 4.54. The number of carbonyl (C=O) groups excluding carboxylic acids is 1. The second kappa shape index (κ2) is 3.71. The van der Waals surface area contributed by atoms with E-state index >= 15 is 0 Å². The summed E-state index contributed by atoms with van der Waals surface area (Å²) in [7, 11) is 5.54. The van der Waals surface area contributed by atoms with Gasteiger partial charge in [-0.25, -0.2) is 4.79 Å². The van der Waals surface area contributed by atoms with Crippen LogP contribution < -0.4 is 0 Å². The minimum atomic E-state index is -1.16. The van der Waals surface area contributed by atoms with Crippen LogP contribution in [-0.2, 0) is 9.53 Å². The van der Waals surface area contributed by atoms with Crippen molar-refractivity contribution < 1.29 is 29.3 Å². The summed E-state index contributed by atoms with van der Waals surface area (Å²) in [4.78, 5) is 10.9. The van der Waals surface area contributed by atoms with E-state index in [9.17, 15) is 15.0 Å². The molecule has 15 heavy (non-hydrogen) atoms. The van der Waals surface area contributed by atoms with Gasteiger partial charge < -0.3 is 24.5 Å². The van der Waals surface area contributed by atoms with E-state index in [1.165, 1.54) is 0 Å². The Morgan fingerprint density at radius 2 is 1.93 bits per heavy atom. The van der Waals surface area contributed by atoms with Crippen LogP contribution in [-0.4, -0.2) is 65.7 Å². The maximum absolute atomic E-state index is 10.9. The number of quaternary nitrogens is 1. The minimum Gasteiger partial charge on any atom is -0.505 e. The second-order valence-corrected chi connectivity index (χ2v) is 4.60. The molecule has 2 atom stereocenters. The van der Waals surface area contributed by atoms with Crippen molar-refractivity contribution >= 4 is 5.97 Å². The highest BCUT2D eigenvalue weighted by molar-refractivity contribution is 5.89. The van der Waals surface area contributed by atoms with Crippen LogP contribution in [0.15, 0.2) is 11.5 Å². The van der Waals surface area contributed by atoms with E-state index < -0.39 is 29.7 Å². The summed E-state index contributed by atoms with van der Waals surface area (Å²) >= 11 is 0. The number of hydrogen-bond donors (Lipinski definition) is 3. The smallest absolute Gasteiger partial charge is 0.377 e. The average Bonchev–Trinajstić information content (AvgIpc) is 2.30. The molecule has 86 valence electrons. The zero-order valence-electron chi connectivity index (χ0n) is 8.97. The highest BCUT2D eigenvalue weighted by Crippen LogP contribution is 2.22. The first kappa shape index (κ1) is 11.8. The summed E-state index contributed by atoms with van der Waals surface area (Å²) in [5.41, 5.74) is 0. The molecule has 1 rings (SSSR count). The minimum absolute atomic E-state index is 0.287. The topological polar surface area (TPSA) is 87.0 Å². The van der Waals surface area contributed by atoms with Crippen molar-refractivity contribution in [3.63, 3.8) is 0 Å². The third-order valence-electron chi connectivity index (χ3n) is 2.02. The first-order valence-electron chi connectivity index (χ1n) is 4.54. The monoisotopic (exact) mass is 218 g/mol. The van der Waals surface area contributed by atoms with Gasteiger partial charge >= 0.3 is 5.97 Å². The Hall–Kier alpha value is -1.27. The first-order chi connectivity index (χ1) is 6.72. The maximum Gasteiger partial charge on any atom is 0.377 e. The number of esters is 1. The van der Waals surface area contributed by atoms with E-state index in [0.717, 1.165) is 0 Å². The third kappa shape index (κ3) is 2.60. The van der Waals surface area contributed by atoms with Gasteiger partial charge in [-0.1, -0.05) is 0 Å². The molecule has 0 spiro atoms. The van der Waals surface area contributed by atoms with Gasteiger partial charge in [0.15, 0.2) is 11.9 Å². The molecule has 0 aromatic heterocycles. The molecule has 0 radical (unpaired) electrons. The zero-order valence-corrected chi connectivity index (χ0v) is 8.97. The SMILES string of the molecule is C[N+](C)(C)C[C@H](O)[C@H]1OC(=O)C(O)=C1O. The summed E-state index contributed by atoms with van der Waals surface area (Å²) in [6.45, 7) is 0.287. The standard InChI is InChI=1S/C9H15NO5/c1-10(2,3)4-5(11)8-6(12)7(13)9(14)15-8/h5,8,11H,4H2,1-3H3,(H-,12,13,14)/p+1/t5-,8+/m0/s1. The van der Waals surface area contributed by atoms with Crippen molar-refractivity contribution in [2.45, 2.75) is 12.2 Å². The molecule has 1 aliphatic rings. The lowest BCUT2D eigenvalue weighted by Gasteiger charge is -2.28. The Bertz CT molecular complexity index is 304. The summed E-state index contributed by atoms with van der Waals surface area (Å²) < 4.78 is 5.07. The molecule has 0 saturated carbocycles. The van der Waals surface area contributed by atoms with Gasteiger partial charge in [-0.2, -0.15) is 0 Å². The third-order valence-corrected chi connectivity index (χ3v) is 2.02. The van der Waals surface area contributed by atoms with E-state index in [-0.39, 0.29) is 6.54 Å². The summed E-state index contributed by atoms with van der Waals surface area (Å²) in [6.07, 6.45) is -2.20. The zero-order chi connectivity index (χ0) is 11.8. The van der Waals surface area contributed by atoms with Gasteiger partial charge in [-0.05, 0) is 0 Å². The molecule has 0 aliphatic carbocycles. The molecule has 0 aromatic rings. The van der Waals surface area contributed by atoms with Crippen molar-refractivity contribution in [3.8, 4) is 0 Å². The van der Waals surface area contributed by atoms with Crippen LogP contribution in [0.25, 0.3) is 0 Å². The lowest BCUT2D eigenvalue weighted by Crippen LogP contribution is -2.46. The average molecular weight is 218 g/mol. The van der Waals surface area contributed by atoms with E-state index in [4.69, 9.17) is 5.11 Å². The van der Waals surface area contributed by atoms with Crippen molar-refractivity contribution in [1.29, 1.82) is 0 Å². The highest BCUT2D eigenvalue weighted by Gasteiger charge is 2.40. The second-order valence-electron chi connectivity index (χ2n) is 4.60. The number of carbonyl (C=O) groups is 1. The van der Waals surface area contributed by atoms with Crippen LogP contribution in [0.2, 0.25) is 0 Å². The number of rotatable bonds is 3. The van der Waals surface area contributed by atoms with E-state index in [1.807, 2.05) is 21.1 Å². The van der Waals surface area contributed by atoms with Crippen LogP contribution in [0.3, 0.4) is 0 Å². The molecular weight excluding hydrogens is 202 g/mol. The molecule has 0 saturated heterocycles. The van der Waals surface area contributed by atoms with Crippen LogP contribution in [0.5, 0.6) is 0 Å². The van der Waals surface area contributed by atoms with Crippen LogP contribution in [0.4, 0.5) is 0 Å².